The van der Waals surface area contributed by atoms with Crippen LogP contribution in [0.1, 0.15) is 40.5 Å². The lowest BCUT2D eigenvalue weighted by atomic mass is 9.79. The van der Waals surface area contributed by atoms with Crippen LogP contribution in [0, 0.1) is 0 Å². The van der Waals surface area contributed by atoms with Gasteiger partial charge in [0.25, 0.3) is 0 Å². The summed E-state index contributed by atoms with van der Waals surface area (Å²) in [5, 5.41) is 7.32. The minimum absolute atomic E-state index is 0.102. The Labute approximate surface area is 150 Å². The quantitative estimate of drug-likeness (QED) is 0.885. The summed E-state index contributed by atoms with van der Waals surface area (Å²) in [6.07, 6.45) is 3.92. The molecule has 1 aromatic carbocycles. The molecule has 2 N–H and O–H groups in total. The Morgan fingerprint density at radius 1 is 1.04 bits per heavy atom. The van der Waals surface area contributed by atoms with Crippen LogP contribution in [0.4, 0.5) is 5.82 Å². The molecule has 2 heterocycles. The van der Waals surface area contributed by atoms with Crippen LogP contribution in [0.3, 0.4) is 0 Å². The van der Waals surface area contributed by atoms with Crippen LogP contribution in [-0.2, 0) is 0 Å². The van der Waals surface area contributed by atoms with Crippen LogP contribution in [-0.4, -0.2) is 34.2 Å². The molecule has 1 saturated heterocycles. The normalized spacial score (nSPS) is 19.4. The van der Waals surface area contributed by atoms with Gasteiger partial charge in [0.05, 0.1) is 7.11 Å². The van der Waals surface area contributed by atoms with Gasteiger partial charge in [-0.05, 0) is 70.9 Å². The fraction of sp³-hybridized carbons (Fsp3) is 0.500. The second-order valence-corrected chi connectivity index (χ2v) is 8.14. The Morgan fingerprint density at radius 2 is 1.68 bits per heavy atom. The smallest absolute Gasteiger partial charge is 0.161 e. The van der Waals surface area contributed by atoms with Gasteiger partial charge in [0.15, 0.2) is 5.82 Å². The van der Waals surface area contributed by atoms with Crippen LogP contribution in [0.2, 0.25) is 0 Å². The fourth-order valence-electron chi connectivity index (χ4n) is 3.95. The van der Waals surface area contributed by atoms with Crippen molar-refractivity contribution < 1.29 is 4.74 Å². The van der Waals surface area contributed by atoms with E-state index in [0.29, 0.717) is 6.04 Å². The van der Waals surface area contributed by atoms with Crippen LogP contribution in [0.5, 0.6) is 5.75 Å². The lowest BCUT2D eigenvalue weighted by Crippen LogP contribution is -2.60. The van der Waals surface area contributed by atoms with Gasteiger partial charge in [-0.25, -0.2) is 9.97 Å². The Hall–Kier alpha value is -2.14. The highest BCUT2D eigenvalue weighted by Crippen LogP contribution is 2.30. The van der Waals surface area contributed by atoms with E-state index >= 15 is 0 Å². The zero-order chi connectivity index (χ0) is 18.1. The average Bonchev–Trinajstić information content (AvgIpc) is 2.52. The van der Waals surface area contributed by atoms with E-state index < -0.39 is 0 Å². The predicted molar refractivity (Wildman–Crippen MR) is 102 cm³/mol. The Bertz CT molecular complexity index is 709. The zero-order valence-electron chi connectivity index (χ0n) is 15.8. The summed E-state index contributed by atoms with van der Waals surface area (Å²) in [4.78, 5) is 9.12. The van der Waals surface area contributed by atoms with Gasteiger partial charge in [-0.15, -0.1) is 0 Å². The first-order valence-electron chi connectivity index (χ1n) is 8.80. The first-order valence-corrected chi connectivity index (χ1v) is 8.80. The monoisotopic (exact) mass is 340 g/mol. The molecule has 1 aliphatic heterocycles. The lowest BCUT2D eigenvalue weighted by molar-refractivity contribution is 0.170. The van der Waals surface area contributed by atoms with Gasteiger partial charge in [0.2, 0.25) is 0 Å². The summed E-state index contributed by atoms with van der Waals surface area (Å²) < 4.78 is 5.21. The van der Waals surface area contributed by atoms with Crippen LogP contribution in [0.25, 0.3) is 11.4 Å². The number of nitrogens with zero attached hydrogens (tertiary/aromatic N) is 2. The number of hydrogen-bond acceptors (Lipinski definition) is 5. The molecule has 2 aromatic rings. The molecule has 25 heavy (non-hydrogen) atoms. The second kappa shape index (κ2) is 6.64. The van der Waals surface area contributed by atoms with E-state index in [2.05, 4.69) is 43.3 Å². The van der Waals surface area contributed by atoms with Gasteiger partial charge in [-0.3, -0.25) is 0 Å². The summed E-state index contributed by atoms with van der Waals surface area (Å²) in [5.41, 5.74) is 1.19. The van der Waals surface area contributed by atoms with Crippen LogP contribution in [0.15, 0.2) is 36.5 Å². The van der Waals surface area contributed by atoms with E-state index in [9.17, 15) is 0 Å². The van der Waals surface area contributed by atoms with Crippen molar-refractivity contribution in [3.63, 3.8) is 0 Å². The van der Waals surface area contributed by atoms with Crippen molar-refractivity contribution in [1.29, 1.82) is 0 Å². The molecule has 1 aromatic heterocycles. The molecule has 0 spiro atoms. The highest BCUT2D eigenvalue weighted by Gasteiger charge is 2.37. The average molecular weight is 340 g/mol. The highest BCUT2D eigenvalue weighted by atomic mass is 16.5. The molecule has 0 unspecified atom stereocenters. The molecule has 0 atom stereocenters. The van der Waals surface area contributed by atoms with Crippen LogP contribution >= 0.6 is 0 Å². The maximum Gasteiger partial charge on any atom is 0.161 e. The van der Waals surface area contributed by atoms with Crippen molar-refractivity contribution in [3.8, 4) is 17.1 Å². The van der Waals surface area contributed by atoms with E-state index in [0.717, 1.165) is 35.8 Å². The molecule has 0 amide bonds. The molecule has 3 rings (SSSR count). The maximum atomic E-state index is 5.21. The first kappa shape index (κ1) is 17.7. The fourth-order valence-corrected chi connectivity index (χ4v) is 3.95. The van der Waals surface area contributed by atoms with E-state index in [4.69, 9.17) is 9.72 Å². The van der Waals surface area contributed by atoms with E-state index in [1.165, 1.54) is 0 Å². The van der Waals surface area contributed by atoms with Gasteiger partial charge in [0, 0.05) is 28.9 Å². The molecule has 0 aliphatic carbocycles. The van der Waals surface area contributed by atoms with Gasteiger partial charge in [-0.1, -0.05) is 0 Å². The topological polar surface area (TPSA) is 59.1 Å². The summed E-state index contributed by atoms with van der Waals surface area (Å²) in [6.45, 7) is 9.02. The number of anilines is 1. The van der Waals surface area contributed by atoms with E-state index in [1.54, 1.807) is 7.11 Å². The molecule has 5 nitrogen and oxygen atoms in total. The van der Waals surface area contributed by atoms with Crippen molar-refractivity contribution in [3.05, 3.63) is 36.5 Å². The number of methoxy groups -OCH3 is 1. The van der Waals surface area contributed by atoms with Gasteiger partial charge < -0.3 is 15.4 Å². The number of piperidine rings is 1. The highest BCUT2D eigenvalue weighted by molar-refractivity contribution is 5.58. The van der Waals surface area contributed by atoms with E-state index in [-0.39, 0.29) is 11.1 Å². The third kappa shape index (κ3) is 4.48. The minimum atomic E-state index is 0.102. The summed E-state index contributed by atoms with van der Waals surface area (Å²) in [6, 6.07) is 10.1. The first-order chi connectivity index (χ1) is 11.8. The van der Waals surface area contributed by atoms with Gasteiger partial charge in [0.1, 0.15) is 11.6 Å². The van der Waals surface area contributed by atoms with Crippen LogP contribution < -0.4 is 15.4 Å². The van der Waals surface area contributed by atoms with Crippen molar-refractivity contribution in [2.24, 2.45) is 0 Å². The number of benzene rings is 1. The van der Waals surface area contributed by atoms with Crippen molar-refractivity contribution >= 4 is 5.82 Å². The number of hydrogen-bond donors (Lipinski definition) is 2. The molecular formula is C20H28N4O. The molecule has 1 fully saturated rings. The molecule has 0 bridgehead atoms. The number of aromatic nitrogens is 2. The summed E-state index contributed by atoms with van der Waals surface area (Å²) >= 11 is 0. The van der Waals surface area contributed by atoms with Crippen molar-refractivity contribution in [2.75, 3.05) is 12.4 Å². The SMILES string of the molecule is COc1ccc(-c2nccc(NC3CC(C)(C)NC(C)(C)C3)n2)cc1. The molecule has 1 aliphatic rings. The van der Waals surface area contributed by atoms with E-state index in [1.807, 2.05) is 36.5 Å². The molecule has 134 valence electrons. The Kier molecular flexibility index (Phi) is 4.69. The molecular weight excluding hydrogens is 312 g/mol. The van der Waals surface area contributed by atoms with Gasteiger partial charge in [-0.2, -0.15) is 0 Å². The summed E-state index contributed by atoms with van der Waals surface area (Å²) in [5.74, 6) is 2.43. The largest absolute Gasteiger partial charge is 0.497 e. The number of ether oxygens (including phenoxy) is 1. The molecule has 0 saturated carbocycles. The third-order valence-corrected chi connectivity index (χ3v) is 4.55. The minimum Gasteiger partial charge on any atom is -0.497 e. The number of nitrogens with one attached hydrogen (secondary N) is 2. The second-order valence-electron chi connectivity index (χ2n) is 8.14. The third-order valence-electron chi connectivity index (χ3n) is 4.55. The predicted octanol–water partition coefficient (Wildman–Crippen LogP) is 3.87. The zero-order valence-corrected chi connectivity index (χ0v) is 15.8. The van der Waals surface area contributed by atoms with Crippen molar-refractivity contribution in [2.45, 2.75) is 57.7 Å². The standard InChI is InChI=1S/C20H28N4O/c1-19(2)12-15(13-20(3,4)24-19)22-17-10-11-21-18(23-17)14-6-8-16(25-5)9-7-14/h6-11,15,24H,12-13H2,1-5H3,(H,21,22,23). The summed E-state index contributed by atoms with van der Waals surface area (Å²) in [7, 11) is 1.66. The molecule has 0 radical (unpaired) electrons. The maximum absolute atomic E-state index is 5.21. The Balaban J connectivity index is 1.77. The lowest BCUT2D eigenvalue weighted by Gasteiger charge is -2.46. The van der Waals surface area contributed by atoms with Crippen molar-refractivity contribution in [1.82, 2.24) is 15.3 Å². The number of rotatable bonds is 4. The van der Waals surface area contributed by atoms with Gasteiger partial charge >= 0.3 is 0 Å². The molecule has 5 heteroatoms. The Morgan fingerprint density at radius 3 is 2.28 bits per heavy atom.